The Labute approximate surface area is 312 Å². The maximum atomic E-state index is 15.2. The number of carbonyl (C=O) groups is 1. The normalized spacial score (nSPS) is 15.4. The minimum absolute atomic E-state index is 0.00400. The highest BCUT2D eigenvalue weighted by Gasteiger charge is 2.55. The molecular weight excluding hydrogens is 761 g/mol. The molecule has 1 aliphatic carbocycles. The van der Waals surface area contributed by atoms with E-state index in [0.717, 1.165) is 12.1 Å². The maximum Gasteiger partial charge on any atom is 0.290 e. The first-order valence-electron chi connectivity index (χ1n) is 16.6. The molecule has 0 saturated heterocycles. The largest absolute Gasteiger partial charge is 0.378 e. The first-order chi connectivity index (χ1) is 25.8. The molecule has 1 atom stereocenters. The van der Waals surface area contributed by atoms with Crippen molar-refractivity contribution in [3.05, 3.63) is 88.3 Å². The van der Waals surface area contributed by atoms with Gasteiger partial charge in [-0.05, 0) is 50.0 Å². The lowest BCUT2D eigenvalue weighted by Crippen LogP contribution is -2.37. The molecular formula is C36H32F8N8O2S. The molecule has 3 aromatic heterocycles. The molecule has 1 unspecified atom stereocenters. The average Bonchev–Trinajstić information content (AvgIpc) is 3.64. The van der Waals surface area contributed by atoms with E-state index in [2.05, 4.69) is 42.0 Å². The quantitative estimate of drug-likeness (QED) is 0.0764. The van der Waals surface area contributed by atoms with Crippen LogP contribution in [0, 0.1) is 23.5 Å². The van der Waals surface area contributed by atoms with Gasteiger partial charge in [-0.1, -0.05) is 30.0 Å². The first kappa shape index (κ1) is 39.5. The van der Waals surface area contributed by atoms with E-state index in [0.29, 0.717) is 28.4 Å². The number of rotatable bonds is 10. The Hall–Kier alpha value is -5.22. The number of carbonyl (C=O) groups excluding carboxylic acids is 1. The molecule has 290 valence electrons. The highest BCUT2D eigenvalue weighted by molar-refractivity contribution is 7.99. The van der Waals surface area contributed by atoms with Crippen LogP contribution in [0.5, 0.6) is 0 Å². The monoisotopic (exact) mass is 792 g/mol. The third-order valence-electron chi connectivity index (χ3n) is 8.62. The van der Waals surface area contributed by atoms with Crippen LogP contribution in [0.2, 0.25) is 0 Å². The van der Waals surface area contributed by atoms with E-state index >= 15 is 8.78 Å². The number of hydrogen-bond acceptors (Lipinski definition) is 8. The Morgan fingerprint density at radius 1 is 1.04 bits per heavy atom. The van der Waals surface area contributed by atoms with Crippen molar-refractivity contribution < 1.29 is 45.0 Å². The molecule has 1 aliphatic rings. The van der Waals surface area contributed by atoms with E-state index in [-0.39, 0.29) is 27.3 Å². The van der Waals surface area contributed by atoms with Gasteiger partial charge >= 0.3 is 0 Å². The number of alkyl halides is 6. The van der Waals surface area contributed by atoms with Gasteiger partial charge in [0, 0.05) is 54.9 Å². The van der Waals surface area contributed by atoms with Gasteiger partial charge in [-0.2, -0.15) is 19.0 Å². The summed E-state index contributed by atoms with van der Waals surface area (Å²) in [6, 6.07) is 6.41. The molecule has 19 heteroatoms. The predicted molar refractivity (Wildman–Crippen MR) is 187 cm³/mol. The molecule has 0 bridgehead atoms. The van der Waals surface area contributed by atoms with Gasteiger partial charge < -0.3 is 15.1 Å². The van der Waals surface area contributed by atoms with Crippen LogP contribution in [0.4, 0.5) is 40.9 Å². The number of fused-ring (bicyclic) bond motifs is 2. The molecule has 6 rings (SSSR count). The number of anilines is 1. The van der Waals surface area contributed by atoms with E-state index in [9.17, 15) is 36.2 Å². The Morgan fingerprint density at radius 3 is 2.38 bits per heavy atom. The zero-order valence-corrected chi connectivity index (χ0v) is 30.3. The van der Waals surface area contributed by atoms with Crippen molar-refractivity contribution in [1.82, 2.24) is 34.8 Å². The van der Waals surface area contributed by atoms with Gasteiger partial charge in [0.25, 0.3) is 18.3 Å². The fourth-order valence-electron chi connectivity index (χ4n) is 6.46. The van der Waals surface area contributed by atoms with Gasteiger partial charge in [-0.3, -0.25) is 14.2 Å². The summed E-state index contributed by atoms with van der Waals surface area (Å²) in [4.78, 5) is 22.7. The lowest BCUT2D eigenvalue weighted by Gasteiger charge is -2.29. The van der Waals surface area contributed by atoms with Crippen LogP contribution in [0.1, 0.15) is 73.2 Å². The van der Waals surface area contributed by atoms with Gasteiger partial charge in [0.2, 0.25) is 11.7 Å². The predicted octanol–water partition coefficient (Wildman–Crippen LogP) is 7.33. The van der Waals surface area contributed by atoms with E-state index < -0.39 is 90.2 Å². The summed E-state index contributed by atoms with van der Waals surface area (Å²) in [5.74, 6) is -5.62. The van der Waals surface area contributed by atoms with Crippen LogP contribution < -0.4 is 10.0 Å². The van der Waals surface area contributed by atoms with Crippen LogP contribution in [0.15, 0.2) is 42.6 Å². The van der Waals surface area contributed by atoms with Crippen molar-refractivity contribution in [2.75, 3.05) is 11.0 Å². The van der Waals surface area contributed by atoms with Crippen molar-refractivity contribution in [3.63, 3.8) is 0 Å². The Balaban J connectivity index is 1.52. The second-order valence-corrected chi connectivity index (χ2v) is 14.0. The van der Waals surface area contributed by atoms with Crippen molar-refractivity contribution in [2.45, 2.75) is 69.6 Å². The van der Waals surface area contributed by atoms with Crippen molar-refractivity contribution in [1.29, 1.82) is 0 Å². The zero-order valence-electron chi connectivity index (χ0n) is 29.5. The highest BCUT2D eigenvalue weighted by Crippen LogP contribution is 2.52. The average molecular weight is 793 g/mol. The molecule has 10 nitrogen and oxygen atoms in total. The molecule has 55 heavy (non-hydrogen) atoms. The Morgan fingerprint density at radius 2 is 1.73 bits per heavy atom. The topological polar surface area (TPSA) is 123 Å². The number of para-hydroxylation sites is 1. The van der Waals surface area contributed by atoms with Gasteiger partial charge in [-0.25, -0.2) is 36.3 Å². The number of nitrogens with zero attached hydrogens (tertiary/aromatic N) is 6. The third-order valence-corrected chi connectivity index (χ3v) is 9.02. The Kier molecular flexibility index (Phi) is 10.6. The number of aliphatic hydroxyl groups is 1. The number of amides is 1. The summed E-state index contributed by atoms with van der Waals surface area (Å²) in [6.45, 7) is 1.60. The standard InChI is InChI=1S/C36H32F8N8O2S/c1-34(2,54)9-8-25-45-16-23(21-6-5-7-22-30(21)51(3)49-33(22)50-55-4)28(47-25)24(14-18-12-19(37)15-20(38)13-18)46-26(53)17-52-31-27(29(48-52)32(39)40)35(41,42)10-11-36(31,43)44/h5-7,12-13,15-16,24,32,54H,10-11,14,17H2,1-4H3,(H,46,53)(H,49,50). The third kappa shape index (κ3) is 8.25. The number of aryl methyl sites for hydroxylation is 1. The molecule has 3 N–H and O–H groups in total. The Bertz CT molecular complexity index is 2330. The number of halogens is 8. The molecule has 0 fully saturated rings. The summed E-state index contributed by atoms with van der Waals surface area (Å²) < 4.78 is 122. The fourth-order valence-corrected chi connectivity index (χ4v) is 6.80. The zero-order chi connectivity index (χ0) is 40.0. The molecule has 3 heterocycles. The van der Waals surface area contributed by atoms with Crippen LogP contribution in [0.3, 0.4) is 0 Å². The summed E-state index contributed by atoms with van der Waals surface area (Å²) in [7, 11) is 1.67. The fraction of sp³-hybridized carbons (Fsp3) is 0.361. The number of hydrogen-bond donors (Lipinski definition) is 3. The van der Waals surface area contributed by atoms with Gasteiger partial charge in [0.15, 0.2) is 5.82 Å². The van der Waals surface area contributed by atoms with Crippen molar-refractivity contribution in [2.24, 2.45) is 7.05 Å². The number of nitrogens with one attached hydrogen (secondary N) is 2. The van der Waals surface area contributed by atoms with E-state index in [4.69, 9.17) is 0 Å². The summed E-state index contributed by atoms with van der Waals surface area (Å²) in [5.41, 5.74) is -4.93. The van der Waals surface area contributed by atoms with Crippen molar-refractivity contribution >= 4 is 34.6 Å². The molecule has 1 amide bonds. The minimum atomic E-state index is -4.07. The summed E-state index contributed by atoms with van der Waals surface area (Å²) in [6.07, 6.45) is -3.69. The summed E-state index contributed by atoms with van der Waals surface area (Å²) >= 11 is 1.29. The molecule has 2 aromatic carbocycles. The number of benzene rings is 2. The van der Waals surface area contributed by atoms with Crippen LogP contribution >= 0.6 is 11.9 Å². The van der Waals surface area contributed by atoms with Crippen molar-refractivity contribution in [3.8, 4) is 23.0 Å². The molecule has 0 spiro atoms. The second-order valence-electron chi connectivity index (χ2n) is 13.4. The minimum Gasteiger partial charge on any atom is -0.378 e. The van der Waals surface area contributed by atoms with Crippen LogP contribution in [0.25, 0.3) is 22.0 Å². The molecule has 5 aromatic rings. The SMILES string of the molecule is CSNc1nn(C)c2c(-c3cnc(C#CC(C)(C)O)nc3C(Cc3cc(F)cc(F)c3)NC(=O)Cn3nc(C(F)F)c4c3C(F)(F)CCC4(F)F)cccc12. The van der Waals surface area contributed by atoms with E-state index in [1.165, 1.54) is 32.0 Å². The van der Waals surface area contributed by atoms with Gasteiger partial charge in [0.1, 0.15) is 35.2 Å². The highest BCUT2D eigenvalue weighted by atomic mass is 32.2. The van der Waals surface area contributed by atoms with E-state index in [1.54, 1.807) is 36.2 Å². The molecule has 0 saturated carbocycles. The maximum absolute atomic E-state index is 15.2. The lowest BCUT2D eigenvalue weighted by atomic mass is 9.89. The second kappa shape index (κ2) is 14.8. The van der Waals surface area contributed by atoms with Crippen LogP contribution in [-0.4, -0.2) is 52.4 Å². The summed E-state index contributed by atoms with van der Waals surface area (Å²) in [5, 5.41) is 21.4. The van der Waals surface area contributed by atoms with Crippen LogP contribution in [-0.2, 0) is 36.7 Å². The number of aromatic nitrogens is 6. The first-order valence-corrected chi connectivity index (χ1v) is 17.8. The molecule has 0 radical (unpaired) electrons. The lowest BCUT2D eigenvalue weighted by molar-refractivity contribution is -0.123. The van der Waals surface area contributed by atoms with Gasteiger partial charge in [-0.15, -0.1) is 0 Å². The molecule has 0 aliphatic heterocycles. The van der Waals surface area contributed by atoms with Gasteiger partial charge in [0.05, 0.1) is 22.8 Å². The van der Waals surface area contributed by atoms with E-state index in [1.807, 2.05) is 0 Å². The smallest absolute Gasteiger partial charge is 0.290 e.